The minimum absolute atomic E-state index is 0. The summed E-state index contributed by atoms with van der Waals surface area (Å²) >= 11 is 0. The van der Waals surface area contributed by atoms with Crippen LogP contribution in [0, 0.1) is 12.1 Å². The van der Waals surface area contributed by atoms with Gasteiger partial charge >= 0.3 is 21.1 Å². The van der Waals surface area contributed by atoms with Gasteiger partial charge in [-0.25, -0.2) is 4.98 Å². The van der Waals surface area contributed by atoms with Crippen LogP contribution in [0.2, 0.25) is 0 Å². The molecule has 0 N–H and O–H groups in total. The Labute approximate surface area is 303 Å². The predicted molar refractivity (Wildman–Crippen MR) is 201 cm³/mol. The first-order chi connectivity index (χ1) is 23.3. The van der Waals surface area contributed by atoms with E-state index >= 15 is 0 Å². The van der Waals surface area contributed by atoms with Crippen LogP contribution in [0.3, 0.4) is 0 Å². The van der Waals surface area contributed by atoms with Gasteiger partial charge < -0.3 is 19.3 Å². The molecule has 0 amide bonds. The normalized spacial score (nSPS) is 12.9. The Balaban J connectivity index is 0.00000378. The van der Waals surface area contributed by atoms with Crippen LogP contribution in [-0.2, 0) is 21.1 Å². The average molecular weight is 821 g/mol. The van der Waals surface area contributed by atoms with Crippen molar-refractivity contribution < 1.29 is 21.1 Å². The van der Waals surface area contributed by atoms with Crippen molar-refractivity contribution in [2.24, 2.45) is 0 Å². The van der Waals surface area contributed by atoms with Crippen LogP contribution in [-0.4, -0.2) is 21.8 Å². The zero-order valence-electron chi connectivity index (χ0n) is 28.5. The van der Waals surface area contributed by atoms with Crippen molar-refractivity contribution in [1.82, 2.24) is 9.55 Å². The first-order valence-electron chi connectivity index (χ1n) is 16.7. The van der Waals surface area contributed by atoms with Crippen molar-refractivity contribution in [2.75, 3.05) is 21.4 Å². The fourth-order valence-electron chi connectivity index (χ4n) is 6.88. The molecule has 6 heteroatoms. The van der Waals surface area contributed by atoms with E-state index in [1.54, 1.807) is 0 Å². The van der Waals surface area contributed by atoms with E-state index in [0.717, 1.165) is 51.7 Å². The molecule has 2 aromatic heterocycles. The number of aromatic nitrogens is 2. The molecule has 0 unspecified atom stereocenters. The predicted octanol–water partition coefficient (Wildman–Crippen LogP) is 11.1. The molecule has 1 aliphatic rings. The summed E-state index contributed by atoms with van der Waals surface area (Å²) in [5, 5.41) is 2.33. The third-order valence-electron chi connectivity index (χ3n) is 9.34. The average Bonchev–Trinajstić information content (AvgIpc) is 3.66. The van der Waals surface area contributed by atoms with Crippen molar-refractivity contribution in [3.63, 3.8) is 0 Å². The summed E-state index contributed by atoms with van der Waals surface area (Å²) in [5.41, 5.74) is 9.73. The molecule has 5 aromatic carbocycles. The van der Waals surface area contributed by atoms with Crippen LogP contribution in [0.5, 0.6) is 0 Å². The SMILES string of the molecule is CC(C)c1ccnc(-n2c3[c-]c(N(c4[c-]c(N5CN(C(C)(C)C)c6ccccc65)ccc4)c4ccccc4)ccc3c3ccccc32)c1.[Pt+2]. The fraction of sp³-hybridized carbons (Fsp3) is 0.186. The minimum atomic E-state index is -0.0229. The molecule has 49 heavy (non-hydrogen) atoms. The number of pyridine rings is 1. The Morgan fingerprint density at radius 3 is 2.20 bits per heavy atom. The maximum absolute atomic E-state index is 4.87. The molecule has 3 heterocycles. The summed E-state index contributed by atoms with van der Waals surface area (Å²) in [5.74, 6) is 1.30. The zero-order chi connectivity index (χ0) is 33.0. The summed E-state index contributed by atoms with van der Waals surface area (Å²) in [4.78, 5) is 11.9. The van der Waals surface area contributed by atoms with E-state index < -0.39 is 0 Å². The van der Waals surface area contributed by atoms with Crippen molar-refractivity contribution in [1.29, 1.82) is 0 Å². The number of hydrogen-bond donors (Lipinski definition) is 0. The van der Waals surface area contributed by atoms with E-state index in [1.807, 2.05) is 6.20 Å². The van der Waals surface area contributed by atoms with Gasteiger partial charge in [0.1, 0.15) is 5.82 Å². The molecule has 5 nitrogen and oxygen atoms in total. The van der Waals surface area contributed by atoms with E-state index in [0.29, 0.717) is 5.92 Å². The van der Waals surface area contributed by atoms with E-state index in [9.17, 15) is 0 Å². The van der Waals surface area contributed by atoms with Crippen LogP contribution in [0.15, 0.2) is 128 Å². The molecule has 0 fully saturated rings. The number of anilines is 6. The van der Waals surface area contributed by atoms with Gasteiger partial charge in [-0.15, -0.1) is 35.7 Å². The van der Waals surface area contributed by atoms with Crippen molar-refractivity contribution >= 4 is 55.9 Å². The van der Waals surface area contributed by atoms with Gasteiger partial charge in [0.05, 0.1) is 18.0 Å². The largest absolute Gasteiger partial charge is 2.00 e. The standard InChI is InChI=1S/C43H39N5.Pt/c1-30(2)31-24-25-44-42(26-31)48-38-19-10-9-18-36(38)37-23-22-35(28-41(37)48)47(32-14-7-6-8-15-32)34-17-13-16-33(27-34)45-29-46(43(3,4)5)40-21-12-11-20-39(40)45;/h6-26,30H,29H2,1-5H3;/q-2;+2. The number of rotatable bonds is 6. The molecular weight excluding hydrogens is 782 g/mol. The topological polar surface area (TPSA) is 27.5 Å². The van der Waals surface area contributed by atoms with Gasteiger partial charge in [0, 0.05) is 22.9 Å². The Morgan fingerprint density at radius 1 is 0.714 bits per heavy atom. The van der Waals surface area contributed by atoms with Crippen LogP contribution in [0.1, 0.15) is 46.1 Å². The summed E-state index contributed by atoms with van der Waals surface area (Å²) in [6.45, 7) is 12.0. The molecule has 246 valence electrons. The summed E-state index contributed by atoms with van der Waals surface area (Å²) in [6, 6.07) is 50.6. The molecule has 8 rings (SSSR count). The number of hydrogen-bond acceptors (Lipinski definition) is 4. The maximum atomic E-state index is 4.87. The van der Waals surface area contributed by atoms with Gasteiger partial charge in [0.2, 0.25) is 0 Å². The Hall–Kier alpha value is -4.86. The molecule has 0 bridgehead atoms. The smallest absolute Gasteiger partial charge is 0.358 e. The minimum Gasteiger partial charge on any atom is -0.358 e. The van der Waals surface area contributed by atoms with Gasteiger partial charge in [-0.1, -0.05) is 85.0 Å². The molecule has 1 aliphatic heterocycles. The Kier molecular flexibility index (Phi) is 8.58. The molecule has 0 aliphatic carbocycles. The summed E-state index contributed by atoms with van der Waals surface area (Å²) in [6.07, 6.45) is 1.92. The quantitative estimate of drug-likeness (QED) is 0.156. The van der Waals surface area contributed by atoms with Gasteiger partial charge in [0.15, 0.2) is 0 Å². The molecule has 0 saturated carbocycles. The van der Waals surface area contributed by atoms with Crippen molar-refractivity contribution in [3.8, 4) is 5.82 Å². The van der Waals surface area contributed by atoms with E-state index in [2.05, 4.69) is 187 Å². The third kappa shape index (κ3) is 5.81. The van der Waals surface area contributed by atoms with Gasteiger partial charge in [-0.2, -0.15) is 12.1 Å². The van der Waals surface area contributed by atoms with Gasteiger partial charge in [0.25, 0.3) is 0 Å². The van der Waals surface area contributed by atoms with Crippen molar-refractivity contribution in [2.45, 2.75) is 46.1 Å². The van der Waals surface area contributed by atoms with Crippen LogP contribution in [0.4, 0.5) is 34.1 Å². The molecule has 0 saturated heterocycles. The monoisotopic (exact) mass is 820 g/mol. The molecule has 0 radical (unpaired) electrons. The summed E-state index contributed by atoms with van der Waals surface area (Å²) in [7, 11) is 0. The first kappa shape index (κ1) is 32.7. The second-order valence-electron chi connectivity index (χ2n) is 13.8. The van der Waals surface area contributed by atoms with Crippen LogP contribution in [0.25, 0.3) is 27.6 Å². The third-order valence-corrected chi connectivity index (χ3v) is 9.34. The molecule has 0 spiro atoms. The van der Waals surface area contributed by atoms with Crippen LogP contribution < -0.4 is 14.7 Å². The van der Waals surface area contributed by atoms with Gasteiger partial charge in [-0.3, -0.25) is 0 Å². The fourth-order valence-corrected chi connectivity index (χ4v) is 6.88. The molecule has 7 aromatic rings. The second-order valence-corrected chi connectivity index (χ2v) is 13.8. The maximum Gasteiger partial charge on any atom is 2.00 e. The molecule has 0 atom stereocenters. The van der Waals surface area contributed by atoms with E-state index in [1.165, 1.54) is 22.3 Å². The molecular formula is C43H39N5Pt. The summed E-state index contributed by atoms with van der Waals surface area (Å²) < 4.78 is 2.26. The first-order valence-corrected chi connectivity index (χ1v) is 16.7. The number of para-hydroxylation sites is 4. The zero-order valence-corrected chi connectivity index (χ0v) is 30.7. The number of benzene rings is 5. The second kappa shape index (κ2) is 12.9. The van der Waals surface area contributed by atoms with E-state index in [4.69, 9.17) is 4.98 Å². The van der Waals surface area contributed by atoms with Gasteiger partial charge in [-0.05, 0) is 80.1 Å². The van der Waals surface area contributed by atoms with Crippen molar-refractivity contribution in [3.05, 3.63) is 145 Å². The Bertz CT molecular complexity index is 2270. The number of nitrogens with zero attached hydrogens (tertiary/aromatic N) is 5. The Morgan fingerprint density at radius 2 is 1.43 bits per heavy atom. The van der Waals surface area contributed by atoms with E-state index in [-0.39, 0.29) is 26.6 Å². The van der Waals surface area contributed by atoms with Crippen LogP contribution >= 0.6 is 0 Å². The number of fused-ring (bicyclic) bond motifs is 4.